The first kappa shape index (κ1) is 17.6. The van der Waals surface area contributed by atoms with Gasteiger partial charge in [0.05, 0.1) is 0 Å². The second-order valence-electron chi connectivity index (χ2n) is 2.49. The molecule has 1 rings (SSSR count). The molecule has 2 nitrogen and oxygen atoms in total. The third-order valence-electron chi connectivity index (χ3n) is 1.41. The predicted molar refractivity (Wildman–Crippen MR) is 46.6 cm³/mol. The molecular formula is C8H7ClO2SWY-2. The first-order valence-corrected chi connectivity index (χ1v) is 5.58. The van der Waals surface area contributed by atoms with Gasteiger partial charge in [0.1, 0.15) is 0 Å². The van der Waals surface area contributed by atoms with Crippen molar-refractivity contribution in [1.29, 1.82) is 0 Å². The van der Waals surface area contributed by atoms with Crippen LogP contribution in [0.25, 0.3) is 0 Å². The van der Waals surface area contributed by atoms with Crippen molar-refractivity contribution in [3.8, 4) is 0 Å². The molecule has 1 aromatic carbocycles. The van der Waals surface area contributed by atoms with Crippen LogP contribution in [0.1, 0.15) is 11.1 Å². The summed E-state index contributed by atoms with van der Waals surface area (Å²) in [4.78, 5) is 0.0421. The number of halogens is 1. The number of benzene rings is 1. The van der Waals surface area contributed by atoms with Crippen LogP contribution in [-0.2, 0) is 62.8 Å². The van der Waals surface area contributed by atoms with Gasteiger partial charge in [0.2, 0.25) is 9.05 Å². The van der Waals surface area contributed by atoms with Crippen LogP contribution in [0.2, 0.25) is 0 Å². The van der Waals surface area contributed by atoms with Crippen LogP contribution in [0.15, 0.2) is 11.0 Å². The molecule has 0 aliphatic heterocycles. The SMILES string of the molecule is Cc1[c-]cc(C)c(S(=O)(=O)Cl)[c-]1.[W].[Y]. The molecule has 0 aliphatic carbocycles. The van der Waals surface area contributed by atoms with Crippen molar-refractivity contribution in [1.82, 2.24) is 0 Å². The predicted octanol–water partition coefficient (Wildman–Crippen LogP) is 1.83. The summed E-state index contributed by atoms with van der Waals surface area (Å²) in [5, 5.41) is 0. The molecule has 0 heterocycles. The molecule has 0 spiro atoms. The van der Waals surface area contributed by atoms with Gasteiger partial charge in [-0.3, -0.25) is 17.2 Å². The van der Waals surface area contributed by atoms with E-state index in [1.54, 1.807) is 19.9 Å². The molecule has 0 amide bonds. The van der Waals surface area contributed by atoms with Crippen LogP contribution in [0.3, 0.4) is 0 Å². The normalized spacial score (nSPS) is 9.93. The molecule has 0 saturated carbocycles. The Hall–Kier alpha value is 1.25. The molecule has 0 bridgehead atoms. The maximum Gasteiger partial charge on any atom is 0.217 e. The Morgan fingerprint density at radius 3 is 2.21 bits per heavy atom. The Morgan fingerprint density at radius 2 is 1.86 bits per heavy atom. The van der Waals surface area contributed by atoms with Crippen LogP contribution >= 0.6 is 10.7 Å². The smallest absolute Gasteiger partial charge is 0.217 e. The second kappa shape index (κ2) is 6.75. The molecule has 0 N–H and O–H groups in total. The van der Waals surface area contributed by atoms with Crippen molar-refractivity contribution in [2.75, 3.05) is 0 Å². The van der Waals surface area contributed by atoms with Crippen molar-refractivity contribution in [2.45, 2.75) is 18.7 Å². The number of hydrogen-bond donors (Lipinski definition) is 0. The van der Waals surface area contributed by atoms with E-state index in [4.69, 9.17) is 10.7 Å². The van der Waals surface area contributed by atoms with E-state index in [9.17, 15) is 8.42 Å². The Labute approximate surface area is 128 Å². The van der Waals surface area contributed by atoms with Gasteiger partial charge in [-0.25, -0.2) is 8.42 Å². The third-order valence-corrected chi connectivity index (χ3v) is 2.78. The molecule has 1 radical (unpaired) electrons. The summed E-state index contributed by atoms with van der Waals surface area (Å²) in [6, 6.07) is 7.06. The topological polar surface area (TPSA) is 34.1 Å². The minimum atomic E-state index is -3.66. The molecule has 75 valence electrons. The first-order valence-electron chi connectivity index (χ1n) is 3.27. The van der Waals surface area contributed by atoms with Gasteiger partial charge in [0.25, 0.3) is 0 Å². The van der Waals surface area contributed by atoms with Gasteiger partial charge in [-0.2, -0.15) is 0 Å². The van der Waals surface area contributed by atoms with E-state index in [1.165, 1.54) is 0 Å². The number of aryl methyl sites for hydroxylation is 2. The third kappa shape index (κ3) is 4.85. The summed E-state index contributed by atoms with van der Waals surface area (Å²) in [6.45, 7) is 3.37. The average molecular weight is 475 g/mol. The second-order valence-corrected chi connectivity index (χ2v) is 4.99. The van der Waals surface area contributed by atoms with Crippen LogP contribution in [0.4, 0.5) is 0 Å². The summed E-state index contributed by atoms with van der Waals surface area (Å²) < 4.78 is 21.9. The minimum Gasteiger partial charge on any atom is -0.356 e. The average Bonchev–Trinajstić information content (AvgIpc) is 1.92. The van der Waals surface area contributed by atoms with Crippen LogP contribution < -0.4 is 0 Å². The van der Waals surface area contributed by atoms with E-state index in [2.05, 4.69) is 12.1 Å². The Balaban J connectivity index is 0. The molecule has 14 heavy (non-hydrogen) atoms. The largest absolute Gasteiger partial charge is 0.356 e. The van der Waals surface area contributed by atoms with Crippen molar-refractivity contribution in [2.24, 2.45) is 0 Å². The minimum absolute atomic E-state index is 0. The zero-order valence-electron chi connectivity index (χ0n) is 7.67. The standard InChI is InChI=1S/C8H7ClO2S.W.Y/c1-6-3-4-7(2)8(5-6)12(9,10)11;;/h4H,1-2H3;;/q-2;;. The molecule has 0 fully saturated rings. The molecular weight excluding hydrogens is 468 g/mol. The molecule has 0 unspecified atom stereocenters. The zero-order chi connectivity index (χ0) is 9.35. The molecule has 0 aromatic heterocycles. The summed E-state index contributed by atoms with van der Waals surface area (Å²) in [5.41, 5.74) is 1.20. The fourth-order valence-electron chi connectivity index (χ4n) is 0.840. The van der Waals surface area contributed by atoms with E-state index >= 15 is 0 Å². The van der Waals surface area contributed by atoms with Crippen molar-refractivity contribution < 1.29 is 62.2 Å². The zero-order valence-corrected chi connectivity index (χ0v) is 15.0. The fraction of sp³-hybridized carbons (Fsp3) is 0.250. The molecule has 0 saturated heterocycles. The molecule has 1 aromatic rings. The van der Waals surface area contributed by atoms with Gasteiger partial charge in [0, 0.05) is 64.5 Å². The Morgan fingerprint density at radius 1 is 1.36 bits per heavy atom. The van der Waals surface area contributed by atoms with Crippen LogP contribution in [0, 0.1) is 26.0 Å². The van der Waals surface area contributed by atoms with Gasteiger partial charge >= 0.3 is 0 Å². The summed E-state index contributed by atoms with van der Waals surface area (Å²) in [5.74, 6) is 0. The van der Waals surface area contributed by atoms with Crippen molar-refractivity contribution in [3.05, 3.63) is 29.3 Å². The maximum absolute atomic E-state index is 10.9. The molecule has 6 heteroatoms. The summed E-state index contributed by atoms with van der Waals surface area (Å²) in [6.07, 6.45) is 0. The first-order chi connectivity index (χ1) is 5.41. The van der Waals surface area contributed by atoms with E-state index in [0.29, 0.717) is 11.1 Å². The van der Waals surface area contributed by atoms with Crippen LogP contribution in [-0.4, -0.2) is 8.42 Å². The van der Waals surface area contributed by atoms with E-state index in [0.717, 1.165) is 0 Å². The van der Waals surface area contributed by atoms with Crippen LogP contribution in [0.5, 0.6) is 0 Å². The molecule has 0 atom stereocenters. The van der Waals surface area contributed by atoms with Gasteiger partial charge in [-0.1, -0.05) is 6.92 Å². The van der Waals surface area contributed by atoms with Gasteiger partial charge in [0.15, 0.2) is 0 Å². The van der Waals surface area contributed by atoms with Gasteiger partial charge < -0.3 is 12.1 Å². The van der Waals surface area contributed by atoms with Crippen molar-refractivity contribution >= 4 is 19.7 Å². The Kier molecular flexibility index (Phi) is 8.51. The molecule has 0 aliphatic rings. The van der Waals surface area contributed by atoms with E-state index in [-0.39, 0.29) is 58.7 Å². The van der Waals surface area contributed by atoms with Gasteiger partial charge in [-0.15, -0.1) is 11.8 Å². The summed E-state index contributed by atoms with van der Waals surface area (Å²) >= 11 is 0. The quantitative estimate of drug-likeness (QED) is 0.459. The van der Waals surface area contributed by atoms with E-state index < -0.39 is 9.05 Å². The maximum atomic E-state index is 10.9. The van der Waals surface area contributed by atoms with E-state index in [1.807, 2.05) is 0 Å². The van der Waals surface area contributed by atoms with Gasteiger partial charge in [-0.05, 0) is 0 Å². The fourth-order valence-corrected chi connectivity index (χ4v) is 2.04. The van der Waals surface area contributed by atoms with Crippen molar-refractivity contribution in [3.63, 3.8) is 0 Å². The number of rotatable bonds is 1. The number of hydrogen-bond acceptors (Lipinski definition) is 2. The monoisotopic (exact) mass is 475 g/mol. The Bertz CT molecular complexity index is 406. The summed E-state index contributed by atoms with van der Waals surface area (Å²) in [7, 11) is 1.50.